The summed E-state index contributed by atoms with van der Waals surface area (Å²) in [4.78, 5) is 22.8. The molecule has 0 saturated heterocycles. The minimum Gasteiger partial charge on any atom is -0.457 e. The molecular formula is C43H89NO7P+. The number of esters is 1. The van der Waals surface area contributed by atoms with Crippen molar-refractivity contribution in [1.82, 2.24) is 0 Å². The molecule has 9 heteroatoms. The highest BCUT2D eigenvalue weighted by atomic mass is 31.2. The van der Waals surface area contributed by atoms with Gasteiger partial charge in [-0.15, -0.1) is 0 Å². The molecular weight excluding hydrogens is 673 g/mol. The van der Waals surface area contributed by atoms with E-state index in [0.29, 0.717) is 24.1 Å². The Kier molecular flexibility index (Phi) is 37.1. The molecule has 312 valence electrons. The number of ether oxygens (including phenoxy) is 2. The van der Waals surface area contributed by atoms with E-state index in [4.69, 9.17) is 18.5 Å². The number of carbonyl (C=O) groups is 1. The second kappa shape index (κ2) is 37.4. The molecule has 52 heavy (non-hydrogen) atoms. The van der Waals surface area contributed by atoms with Crippen molar-refractivity contribution in [2.75, 3.05) is 54.1 Å². The number of phosphoric acid groups is 1. The lowest BCUT2D eigenvalue weighted by molar-refractivity contribution is -0.870. The third-order valence-electron chi connectivity index (χ3n) is 9.92. The second-order valence-electron chi connectivity index (χ2n) is 16.4. The minimum atomic E-state index is -4.26. The van der Waals surface area contributed by atoms with E-state index in [-0.39, 0.29) is 25.8 Å². The van der Waals surface area contributed by atoms with Gasteiger partial charge < -0.3 is 18.9 Å². The molecule has 0 radical (unpaired) electrons. The first-order chi connectivity index (χ1) is 25.1. The summed E-state index contributed by atoms with van der Waals surface area (Å²) >= 11 is 0. The van der Waals surface area contributed by atoms with Crippen LogP contribution in [0.3, 0.4) is 0 Å². The summed E-state index contributed by atoms with van der Waals surface area (Å²) in [7, 11) is 1.68. The third-order valence-corrected chi connectivity index (χ3v) is 10.9. The fourth-order valence-corrected chi connectivity index (χ4v) is 7.18. The van der Waals surface area contributed by atoms with E-state index in [2.05, 4.69) is 13.8 Å². The highest BCUT2D eigenvalue weighted by Crippen LogP contribution is 2.43. The summed E-state index contributed by atoms with van der Waals surface area (Å²) in [6.07, 6.45) is 38.5. The summed E-state index contributed by atoms with van der Waals surface area (Å²) < 4.78 is 35.0. The Morgan fingerprint density at radius 2 is 0.885 bits per heavy atom. The van der Waals surface area contributed by atoms with Gasteiger partial charge in [-0.25, -0.2) is 4.57 Å². The molecule has 0 fully saturated rings. The van der Waals surface area contributed by atoms with Crippen molar-refractivity contribution in [2.24, 2.45) is 0 Å². The number of nitrogens with zero attached hydrogens (tertiary/aromatic N) is 1. The van der Waals surface area contributed by atoms with Crippen LogP contribution in [-0.4, -0.2) is 75.6 Å². The van der Waals surface area contributed by atoms with Gasteiger partial charge in [0.2, 0.25) is 0 Å². The van der Waals surface area contributed by atoms with Crippen LogP contribution >= 0.6 is 7.82 Å². The molecule has 0 aliphatic heterocycles. The van der Waals surface area contributed by atoms with Crippen LogP contribution in [0.2, 0.25) is 0 Å². The van der Waals surface area contributed by atoms with Crippen molar-refractivity contribution in [3.8, 4) is 0 Å². The first kappa shape index (κ1) is 51.5. The maximum absolute atomic E-state index is 12.6. The number of carbonyl (C=O) groups excluding carboxylic acids is 1. The van der Waals surface area contributed by atoms with Crippen LogP contribution < -0.4 is 0 Å². The van der Waals surface area contributed by atoms with Crippen molar-refractivity contribution in [3.05, 3.63) is 0 Å². The van der Waals surface area contributed by atoms with Gasteiger partial charge in [-0.1, -0.05) is 194 Å². The number of hydrogen-bond donors (Lipinski definition) is 1. The van der Waals surface area contributed by atoms with Crippen molar-refractivity contribution < 1.29 is 37.3 Å². The molecule has 0 aromatic carbocycles. The smallest absolute Gasteiger partial charge is 0.457 e. The fourth-order valence-electron chi connectivity index (χ4n) is 6.44. The largest absolute Gasteiger partial charge is 0.472 e. The van der Waals surface area contributed by atoms with Crippen LogP contribution in [0, 0.1) is 0 Å². The summed E-state index contributed by atoms with van der Waals surface area (Å²) in [6, 6.07) is 0. The molecule has 0 spiro atoms. The standard InChI is InChI=1S/C43H88NO7P/c1-6-8-10-12-14-16-18-19-20-21-22-23-24-25-27-29-31-33-35-38-48-40-42(41-50-52(46,47)49-39-37-44(3,4)5)51-43(45)36-34-32-30-28-26-17-15-13-11-9-7-2/h42H,6-41H2,1-5H3/p+1. The van der Waals surface area contributed by atoms with Gasteiger partial charge in [0, 0.05) is 13.0 Å². The average molecular weight is 763 g/mol. The zero-order valence-corrected chi connectivity index (χ0v) is 36.2. The lowest BCUT2D eigenvalue weighted by Gasteiger charge is -2.24. The van der Waals surface area contributed by atoms with E-state index in [0.717, 1.165) is 32.1 Å². The maximum atomic E-state index is 12.6. The second-order valence-corrected chi connectivity index (χ2v) is 17.9. The molecule has 8 nitrogen and oxygen atoms in total. The molecule has 0 aliphatic rings. The van der Waals surface area contributed by atoms with Gasteiger partial charge in [-0.3, -0.25) is 13.8 Å². The lowest BCUT2D eigenvalue weighted by atomic mass is 10.0. The molecule has 2 unspecified atom stereocenters. The molecule has 0 aliphatic carbocycles. The molecule has 0 bridgehead atoms. The normalized spacial score (nSPS) is 13.7. The highest BCUT2D eigenvalue weighted by Gasteiger charge is 2.26. The van der Waals surface area contributed by atoms with E-state index in [1.807, 2.05) is 21.1 Å². The maximum Gasteiger partial charge on any atom is 0.472 e. The van der Waals surface area contributed by atoms with E-state index >= 15 is 0 Å². The van der Waals surface area contributed by atoms with Crippen LogP contribution in [0.15, 0.2) is 0 Å². The van der Waals surface area contributed by atoms with Gasteiger partial charge >= 0.3 is 13.8 Å². The van der Waals surface area contributed by atoms with Crippen LogP contribution in [-0.2, 0) is 27.9 Å². The van der Waals surface area contributed by atoms with E-state index in [9.17, 15) is 14.3 Å². The Morgan fingerprint density at radius 3 is 1.27 bits per heavy atom. The predicted molar refractivity (Wildman–Crippen MR) is 220 cm³/mol. The van der Waals surface area contributed by atoms with Crippen LogP contribution in [0.5, 0.6) is 0 Å². The molecule has 1 N–H and O–H groups in total. The molecule has 0 saturated carbocycles. The number of hydrogen-bond acceptors (Lipinski definition) is 6. The van der Waals surface area contributed by atoms with Gasteiger partial charge in [-0.2, -0.15) is 0 Å². The lowest BCUT2D eigenvalue weighted by Crippen LogP contribution is -2.37. The molecule has 0 aromatic heterocycles. The van der Waals surface area contributed by atoms with Gasteiger partial charge in [0.25, 0.3) is 0 Å². The van der Waals surface area contributed by atoms with Crippen LogP contribution in [0.25, 0.3) is 0 Å². The van der Waals surface area contributed by atoms with E-state index < -0.39 is 13.9 Å². The van der Waals surface area contributed by atoms with E-state index in [1.54, 1.807) is 0 Å². The van der Waals surface area contributed by atoms with Crippen molar-refractivity contribution in [1.29, 1.82) is 0 Å². The Labute approximate surface area is 323 Å². The SMILES string of the molecule is CCCCCCCCCCCCCCCCCCCCCOCC(COP(=O)(O)OCC[N+](C)(C)C)OC(=O)CCCCCCCCCCCCC. The van der Waals surface area contributed by atoms with Crippen molar-refractivity contribution >= 4 is 13.8 Å². The fraction of sp³-hybridized carbons (Fsp3) is 0.977. The molecule has 0 amide bonds. The molecule has 0 rings (SSSR count). The third kappa shape index (κ3) is 40.7. The predicted octanol–water partition coefficient (Wildman–Crippen LogP) is 12.9. The number of unbranched alkanes of at least 4 members (excludes halogenated alkanes) is 28. The number of likely N-dealkylation sites (N-methyl/N-ethyl adjacent to an activating group) is 1. The molecule has 0 heterocycles. The number of quaternary nitrogens is 1. The van der Waals surface area contributed by atoms with E-state index in [1.165, 1.54) is 161 Å². The highest BCUT2D eigenvalue weighted by molar-refractivity contribution is 7.47. The van der Waals surface area contributed by atoms with Crippen molar-refractivity contribution in [2.45, 2.75) is 219 Å². The first-order valence-electron chi connectivity index (χ1n) is 22.3. The summed E-state index contributed by atoms with van der Waals surface area (Å²) in [6.45, 7) is 5.67. The van der Waals surface area contributed by atoms with Gasteiger partial charge in [0.1, 0.15) is 19.3 Å². The van der Waals surface area contributed by atoms with Gasteiger partial charge in [0.15, 0.2) is 0 Å². The van der Waals surface area contributed by atoms with Crippen LogP contribution in [0.1, 0.15) is 213 Å². The summed E-state index contributed by atoms with van der Waals surface area (Å²) in [5.41, 5.74) is 0. The molecule has 2 atom stereocenters. The Balaban J connectivity index is 4.11. The first-order valence-corrected chi connectivity index (χ1v) is 23.8. The summed E-state index contributed by atoms with van der Waals surface area (Å²) in [5, 5.41) is 0. The summed E-state index contributed by atoms with van der Waals surface area (Å²) in [5.74, 6) is -0.310. The minimum absolute atomic E-state index is 0.0937. The number of rotatable bonds is 42. The van der Waals surface area contributed by atoms with Crippen LogP contribution in [0.4, 0.5) is 0 Å². The topological polar surface area (TPSA) is 91.3 Å². The van der Waals surface area contributed by atoms with Gasteiger partial charge in [0.05, 0.1) is 34.4 Å². The van der Waals surface area contributed by atoms with Crippen molar-refractivity contribution in [3.63, 3.8) is 0 Å². The Hall–Kier alpha value is -0.500. The van der Waals surface area contributed by atoms with Gasteiger partial charge in [-0.05, 0) is 12.8 Å². The molecule has 0 aromatic rings. The average Bonchev–Trinajstić information content (AvgIpc) is 3.09. The Bertz CT molecular complexity index is 807. The number of phosphoric ester groups is 1. The Morgan fingerprint density at radius 1 is 0.519 bits per heavy atom. The monoisotopic (exact) mass is 763 g/mol. The zero-order chi connectivity index (χ0) is 38.4. The zero-order valence-electron chi connectivity index (χ0n) is 35.3. The quantitative estimate of drug-likeness (QED) is 0.0286.